The van der Waals surface area contributed by atoms with Gasteiger partial charge in [0.15, 0.2) is 0 Å². The van der Waals surface area contributed by atoms with Gasteiger partial charge in [-0.15, -0.1) is 0 Å². The molecule has 5 nitrogen and oxygen atoms in total. The number of hydrogen-bond acceptors (Lipinski definition) is 4. The largest absolute Gasteiger partial charge is 0.490 e. The van der Waals surface area contributed by atoms with Crippen molar-refractivity contribution in [1.29, 1.82) is 0 Å². The van der Waals surface area contributed by atoms with Gasteiger partial charge in [-0.05, 0) is 42.5 Å². The number of halogens is 1. The summed E-state index contributed by atoms with van der Waals surface area (Å²) in [5.41, 5.74) is 1.58. The molecular formula is C22H21ClN2O3. The van der Waals surface area contributed by atoms with E-state index in [4.69, 9.17) is 21.1 Å². The van der Waals surface area contributed by atoms with E-state index in [1.807, 2.05) is 24.3 Å². The lowest BCUT2D eigenvalue weighted by atomic mass is 10.2. The molecule has 0 bridgehead atoms. The van der Waals surface area contributed by atoms with Gasteiger partial charge in [-0.25, -0.2) is 0 Å². The Morgan fingerprint density at radius 2 is 1.82 bits per heavy atom. The number of amides is 1. The van der Waals surface area contributed by atoms with E-state index in [0.717, 1.165) is 5.56 Å². The molecule has 0 radical (unpaired) electrons. The zero-order valence-corrected chi connectivity index (χ0v) is 16.3. The maximum absolute atomic E-state index is 12.5. The number of pyridine rings is 1. The molecule has 144 valence electrons. The number of nitrogens with zero attached hydrogens (tertiary/aromatic N) is 2. The molecule has 1 heterocycles. The Hall–Kier alpha value is -3.05. The second kappa shape index (κ2) is 9.76. The summed E-state index contributed by atoms with van der Waals surface area (Å²) in [4.78, 5) is 18.2. The minimum atomic E-state index is -0.0819. The number of aromatic nitrogens is 1. The van der Waals surface area contributed by atoms with Crippen molar-refractivity contribution in [1.82, 2.24) is 9.88 Å². The van der Waals surface area contributed by atoms with Gasteiger partial charge in [-0.2, -0.15) is 0 Å². The molecule has 2 aromatic carbocycles. The normalized spacial score (nSPS) is 10.4. The lowest BCUT2D eigenvalue weighted by Gasteiger charge is -2.18. The first-order chi connectivity index (χ1) is 13.6. The van der Waals surface area contributed by atoms with Crippen LogP contribution < -0.4 is 9.47 Å². The summed E-state index contributed by atoms with van der Waals surface area (Å²) in [6.07, 6.45) is 3.48. The SMILES string of the molecule is CN(CCOc1ccccc1Cl)C(=O)c1ccc(OCc2cccnc2)cc1. The van der Waals surface area contributed by atoms with Gasteiger partial charge in [-0.1, -0.05) is 29.8 Å². The van der Waals surface area contributed by atoms with Crippen LogP contribution in [0.15, 0.2) is 73.1 Å². The summed E-state index contributed by atoms with van der Waals surface area (Å²) in [6.45, 7) is 1.24. The molecule has 0 fully saturated rings. The maximum atomic E-state index is 12.5. The van der Waals surface area contributed by atoms with Crippen LogP contribution in [0.5, 0.6) is 11.5 Å². The summed E-state index contributed by atoms with van der Waals surface area (Å²) in [7, 11) is 1.74. The molecule has 1 amide bonds. The molecule has 0 spiro atoms. The van der Waals surface area contributed by atoms with Crippen LogP contribution in [0, 0.1) is 0 Å². The van der Waals surface area contributed by atoms with Crippen molar-refractivity contribution in [3.63, 3.8) is 0 Å². The van der Waals surface area contributed by atoms with E-state index in [1.165, 1.54) is 0 Å². The molecule has 0 saturated heterocycles. The summed E-state index contributed by atoms with van der Waals surface area (Å²) < 4.78 is 11.4. The van der Waals surface area contributed by atoms with Crippen LogP contribution in [-0.4, -0.2) is 36.0 Å². The van der Waals surface area contributed by atoms with Crippen LogP contribution in [0.4, 0.5) is 0 Å². The van der Waals surface area contributed by atoms with Gasteiger partial charge in [0.2, 0.25) is 0 Å². The lowest BCUT2D eigenvalue weighted by Crippen LogP contribution is -2.30. The Morgan fingerprint density at radius 3 is 2.54 bits per heavy atom. The van der Waals surface area contributed by atoms with E-state index in [0.29, 0.717) is 41.8 Å². The predicted molar refractivity (Wildman–Crippen MR) is 109 cm³/mol. The van der Waals surface area contributed by atoms with Crippen LogP contribution in [0.25, 0.3) is 0 Å². The Kier molecular flexibility index (Phi) is 6.87. The van der Waals surface area contributed by atoms with E-state index in [9.17, 15) is 4.79 Å². The molecule has 0 aliphatic heterocycles. The van der Waals surface area contributed by atoms with Gasteiger partial charge >= 0.3 is 0 Å². The Bertz CT molecular complexity index is 901. The van der Waals surface area contributed by atoms with Crippen molar-refractivity contribution in [3.05, 3.63) is 89.2 Å². The molecule has 3 aromatic rings. The van der Waals surface area contributed by atoms with Crippen LogP contribution in [0.3, 0.4) is 0 Å². The van der Waals surface area contributed by atoms with E-state index in [1.54, 1.807) is 60.7 Å². The first-order valence-electron chi connectivity index (χ1n) is 8.88. The quantitative estimate of drug-likeness (QED) is 0.564. The molecule has 6 heteroatoms. The molecule has 28 heavy (non-hydrogen) atoms. The average Bonchev–Trinajstić information content (AvgIpc) is 2.74. The molecule has 0 N–H and O–H groups in total. The standard InChI is InChI=1S/C22H21ClN2O3/c1-25(13-14-27-21-7-3-2-6-20(21)23)22(26)18-8-10-19(11-9-18)28-16-17-5-4-12-24-15-17/h2-12,15H,13-14,16H2,1H3. The number of carbonyl (C=O) groups excluding carboxylic acids is 1. The van der Waals surface area contributed by atoms with Crippen molar-refractivity contribution in [2.24, 2.45) is 0 Å². The van der Waals surface area contributed by atoms with Crippen LogP contribution in [-0.2, 0) is 6.61 Å². The second-order valence-electron chi connectivity index (χ2n) is 6.18. The van der Waals surface area contributed by atoms with E-state index in [2.05, 4.69) is 4.98 Å². The van der Waals surface area contributed by atoms with Gasteiger partial charge < -0.3 is 14.4 Å². The van der Waals surface area contributed by atoms with Crippen LogP contribution in [0.2, 0.25) is 5.02 Å². The summed E-state index contributed by atoms with van der Waals surface area (Å²) in [6, 6.07) is 18.2. The zero-order chi connectivity index (χ0) is 19.8. The van der Waals surface area contributed by atoms with Gasteiger partial charge in [0.05, 0.1) is 11.6 Å². The fourth-order valence-corrected chi connectivity index (χ4v) is 2.71. The van der Waals surface area contributed by atoms with Crippen molar-refractivity contribution in [2.45, 2.75) is 6.61 Å². The van der Waals surface area contributed by atoms with Gasteiger partial charge in [-0.3, -0.25) is 9.78 Å². The third kappa shape index (κ3) is 5.47. The second-order valence-corrected chi connectivity index (χ2v) is 6.59. The first kappa shape index (κ1) is 19.7. The number of ether oxygens (including phenoxy) is 2. The van der Waals surface area contributed by atoms with Gasteiger partial charge in [0.1, 0.15) is 24.7 Å². The van der Waals surface area contributed by atoms with Crippen molar-refractivity contribution >= 4 is 17.5 Å². The van der Waals surface area contributed by atoms with Crippen molar-refractivity contribution in [3.8, 4) is 11.5 Å². The molecule has 0 aliphatic carbocycles. The average molecular weight is 397 g/mol. The fourth-order valence-electron chi connectivity index (χ4n) is 2.52. The highest BCUT2D eigenvalue weighted by atomic mass is 35.5. The predicted octanol–water partition coefficient (Wildman–Crippen LogP) is 4.47. The first-order valence-corrected chi connectivity index (χ1v) is 9.26. The minimum absolute atomic E-state index is 0.0819. The van der Waals surface area contributed by atoms with Crippen molar-refractivity contribution in [2.75, 3.05) is 20.2 Å². The molecule has 0 atom stereocenters. The number of benzene rings is 2. The Balaban J connectivity index is 1.48. The molecule has 0 unspecified atom stereocenters. The lowest BCUT2D eigenvalue weighted by molar-refractivity contribution is 0.0774. The topological polar surface area (TPSA) is 51.7 Å². The third-order valence-corrected chi connectivity index (χ3v) is 4.41. The van der Waals surface area contributed by atoms with E-state index >= 15 is 0 Å². The third-order valence-electron chi connectivity index (χ3n) is 4.10. The van der Waals surface area contributed by atoms with E-state index in [-0.39, 0.29) is 5.91 Å². The highest BCUT2D eigenvalue weighted by Gasteiger charge is 2.12. The van der Waals surface area contributed by atoms with Gasteiger partial charge in [0.25, 0.3) is 5.91 Å². The maximum Gasteiger partial charge on any atom is 0.253 e. The van der Waals surface area contributed by atoms with E-state index < -0.39 is 0 Å². The number of carbonyl (C=O) groups is 1. The molecule has 0 saturated carbocycles. The smallest absolute Gasteiger partial charge is 0.253 e. The molecule has 3 rings (SSSR count). The van der Waals surface area contributed by atoms with Crippen LogP contribution in [0.1, 0.15) is 15.9 Å². The molecular weight excluding hydrogens is 376 g/mol. The van der Waals surface area contributed by atoms with Crippen LogP contribution >= 0.6 is 11.6 Å². The molecule has 0 aliphatic rings. The highest BCUT2D eigenvalue weighted by molar-refractivity contribution is 6.32. The Morgan fingerprint density at radius 1 is 1.04 bits per heavy atom. The Labute approximate surface area is 169 Å². The molecule has 1 aromatic heterocycles. The summed E-state index contributed by atoms with van der Waals surface area (Å²) in [5, 5.41) is 0.554. The van der Waals surface area contributed by atoms with Gasteiger partial charge in [0, 0.05) is 30.6 Å². The summed E-state index contributed by atoms with van der Waals surface area (Å²) >= 11 is 6.06. The number of rotatable bonds is 8. The minimum Gasteiger partial charge on any atom is -0.490 e. The van der Waals surface area contributed by atoms with Crippen molar-refractivity contribution < 1.29 is 14.3 Å². The number of para-hydroxylation sites is 1. The fraction of sp³-hybridized carbons (Fsp3) is 0.182. The number of hydrogen-bond donors (Lipinski definition) is 0. The highest BCUT2D eigenvalue weighted by Crippen LogP contribution is 2.23. The summed E-state index contributed by atoms with van der Waals surface area (Å²) in [5.74, 6) is 1.23. The number of likely N-dealkylation sites (N-methyl/N-ethyl adjacent to an activating group) is 1. The monoisotopic (exact) mass is 396 g/mol. The zero-order valence-electron chi connectivity index (χ0n) is 15.5.